The molecule has 0 radical (unpaired) electrons. The zero-order valence-electron chi connectivity index (χ0n) is 14.0. The van der Waals surface area contributed by atoms with Gasteiger partial charge in [-0.05, 0) is 37.7 Å². The minimum absolute atomic E-state index is 0.229. The van der Waals surface area contributed by atoms with Crippen molar-refractivity contribution in [2.75, 3.05) is 0 Å². The molecule has 0 spiro atoms. The second-order valence-corrected chi connectivity index (χ2v) is 6.45. The van der Waals surface area contributed by atoms with Gasteiger partial charge in [-0.3, -0.25) is 9.48 Å². The van der Waals surface area contributed by atoms with E-state index in [-0.39, 0.29) is 10.3 Å². The first kappa shape index (κ1) is 17.6. The molecule has 0 saturated carbocycles. The number of para-hydroxylation sites is 1. The van der Waals surface area contributed by atoms with Gasteiger partial charge >= 0.3 is 0 Å². The Balaban J connectivity index is 2.04. The first-order chi connectivity index (χ1) is 12.0. The van der Waals surface area contributed by atoms with E-state index in [4.69, 9.17) is 23.8 Å². The molecule has 25 heavy (non-hydrogen) atoms. The fraction of sp³-hybridized carbons (Fsp3) is 0.294. The maximum atomic E-state index is 12.6. The van der Waals surface area contributed by atoms with Crippen LogP contribution in [0.2, 0.25) is 5.15 Å². The van der Waals surface area contributed by atoms with Crippen LogP contribution in [-0.2, 0) is 6.54 Å². The van der Waals surface area contributed by atoms with Crippen molar-refractivity contribution in [3.63, 3.8) is 0 Å². The van der Waals surface area contributed by atoms with Crippen molar-refractivity contribution in [1.29, 1.82) is 0 Å². The Morgan fingerprint density at radius 1 is 1.40 bits per heavy atom. The summed E-state index contributed by atoms with van der Waals surface area (Å²) in [5, 5.41) is 9.71. The summed E-state index contributed by atoms with van der Waals surface area (Å²) < 4.78 is 3.15. The first-order valence-corrected chi connectivity index (χ1v) is 8.83. The van der Waals surface area contributed by atoms with Crippen molar-refractivity contribution in [3.05, 3.63) is 55.8 Å². The van der Waals surface area contributed by atoms with Crippen LogP contribution in [0.1, 0.15) is 31.0 Å². The molecule has 1 N–H and O–H groups in total. The van der Waals surface area contributed by atoms with Crippen LogP contribution >= 0.6 is 23.8 Å². The average Bonchev–Trinajstić information content (AvgIpc) is 2.87. The molecule has 6 nitrogen and oxygen atoms in total. The quantitative estimate of drug-likeness (QED) is 0.543. The number of aryl methyl sites for hydroxylation is 2. The van der Waals surface area contributed by atoms with Gasteiger partial charge in [-0.2, -0.15) is 14.9 Å². The molecule has 0 aliphatic rings. The Hall–Kier alpha value is -2.25. The van der Waals surface area contributed by atoms with Gasteiger partial charge in [0.1, 0.15) is 5.15 Å². The van der Waals surface area contributed by atoms with Crippen molar-refractivity contribution < 1.29 is 0 Å². The lowest BCUT2D eigenvalue weighted by Crippen LogP contribution is -2.18. The summed E-state index contributed by atoms with van der Waals surface area (Å²) in [6.45, 7) is 4.72. The fourth-order valence-corrected chi connectivity index (χ4v) is 3.09. The Morgan fingerprint density at radius 2 is 2.16 bits per heavy atom. The molecule has 1 aromatic carbocycles. The summed E-state index contributed by atoms with van der Waals surface area (Å²) in [6.07, 6.45) is 3.58. The van der Waals surface area contributed by atoms with Gasteiger partial charge in [0, 0.05) is 6.54 Å². The molecule has 0 aliphatic carbocycles. The summed E-state index contributed by atoms with van der Waals surface area (Å²) in [5.41, 5.74) is 1.86. The highest BCUT2D eigenvalue weighted by Crippen LogP contribution is 2.18. The minimum atomic E-state index is -0.275. The van der Waals surface area contributed by atoms with Gasteiger partial charge in [0.15, 0.2) is 0 Å². The van der Waals surface area contributed by atoms with Crippen molar-refractivity contribution >= 4 is 40.9 Å². The zero-order valence-corrected chi connectivity index (χ0v) is 15.6. The number of halogens is 1. The van der Waals surface area contributed by atoms with Crippen molar-refractivity contribution in [3.8, 4) is 0 Å². The number of unbranched alkanes of at least 4 members (excludes halogenated alkanes) is 1. The van der Waals surface area contributed by atoms with Gasteiger partial charge in [-0.25, -0.2) is 0 Å². The number of aromatic nitrogens is 4. The van der Waals surface area contributed by atoms with Crippen LogP contribution in [-0.4, -0.2) is 25.7 Å². The number of aromatic amines is 1. The fourth-order valence-electron chi connectivity index (χ4n) is 2.54. The molecule has 0 unspecified atom stereocenters. The maximum absolute atomic E-state index is 12.6. The van der Waals surface area contributed by atoms with E-state index in [1.807, 2.05) is 13.0 Å². The number of rotatable bonds is 5. The smallest absolute Gasteiger partial charge is 0.282 e. The molecule has 0 atom stereocenters. The van der Waals surface area contributed by atoms with Crippen LogP contribution in [0.3, 0.4) is 0 Å². The van der Waals surface area contributed by atoms with E-state index in [1.54, 1.807) is 22.9 Å². The molecule has 3 rings (SSSR count). The summed E-state index contributed by atoms with van der Waals surface area (Å²) in [6, 6.07) is 7.18. The molecule has 0 aliphatic heterocycles. The molecule has 2 heterocycles. The average molecular weight is 376 g/mol. The monoisotopic (exact) mass is 375 g/mol. The summed E-state index contributed by atoms with van der Waals surface area (Å²) in [4.78, 5) is 15.6. The molecule has 0 fully saturated rings. The number of nitrogens with one attached hydrogen (secondary N) is 1. The molecule has 0 bridgehead atoms. The van der Waals surface area contributed by atoms with E-state index in [9.17, 15) is 4.79 Å². The normalized spacial score (nSPS) is 11.6. The van der Waals surface area contributed by atoms with Crippen LogP contribution in [0.4, 0.5) is 0 Å². The summed E-state index contributed by atoms with van der Waals surface area (Å²) in [7, 11) is 0. The topological polar surface area (TPSA) is 68.0 Å². The SMILES string of the molecule is CCCCn1nc(C)c(C=Nn2c(=S)[nH]c3ccccc3c2=O)c1Cl. The van der Waals surface area contributed by atoms with Gasteiger partial charge < -0.3 is 4.98 Å². The molecule has 130 valence electrons. The number of nitrogens with zero attached hydrogens (tertiary/aromatic N) is 4. The van der Waals surface area contributed by atoms with Crippen LogP contribution < -0.4 is 5.56 Å². The lowest BCUT2D eigenvalue weighted by Gasteiger charge is -2.02. The van der Waals surface area contributed by atoms with E-state index in [1.165, 1.54) is 6.21 Å². The minimum Gasteiger partial charge on any atom is -0.330 e. The second-order valence-electron chi connectivity index (χ2n) is 5.70. The Labute approximate surface area is 154 Å². The predicted octanol–water partition coefficient (Wildman–Crippen LogP) is 3.90. The van der Waals surface area contributed by atoms with Gasteiger partial charge in [0.25, 0.3) is 5.56 Å². The maximum Gasteiger partial charge on any atom is 0.282 e. The van der Waals surface area contributed by atoms with Crippen LogP contribution in [0, 0.1) is 11.7 Å². The van der Waals surface area contributed by atoms with E-state index >= 15 is 0 Å². The molecule has 0 saturated heterocycles. The Bertz CT molecular complexity index is 1060. The second kappa shape index (κ2) is 7.33. The van der Waals surface area contributed by atoms with Gasteiger partial charge in [0.05, 0.1) is 28.4 Å². The third-order valence-corrected chi connectivity index (χ3v) is 4.59. The molecule has 0 amide bonds. The van der Waals surface area contributed by atoms with E-state index in [0.717, 1.165) is 29.8 Å². The van der Waals surface area contributed by atoms with Crippen molar-refractivity contribution in [2.24, 2.45) is 5.10 Å². The van der Waals surface area contributed by atoms with Gasteiger partial charge in [0.2, 0.25) is 4.77 Å². The standard InChI is InChI=1S/C17H18ClN5OS/c1-3-4-9-22-15(18)13(11(2)21-22)10-19-23-16(24)12-7-5-6-8-14(12)20-17(23)25/h5-8,10H,3-4,9H2,1-2H3,(H,20,25). The van der Waals surface area contributed by atoms with Gasteiger partial charge in [-0.1, -0.05) is 37.1 Å². The molecule has 8 heteroatoms. The molecular formula is C17H18ClN5OS. The molecule has 2 aromatic heterocycles. The van der Waals surface area contributed by atoms with Crippen LogP contribution in [0.5, 0.6) is 0 Å². The van der Waals surface area contributed by atoms with Crippen molar-refractivity contribution in [1.82, 2.24) is 19.4 Å². The number of hydrogen-bond acceptors (Lipinski definition) is 4. The number of H-pyrrole nitrogens is 1. The van der Waals surface area contributed by atoms with Crippen LogP contribution in [0.25, 0.3) is 10.9 Å². The number of benzene rings is 1. The lowest BCUT2D eigenvalue weighted by molar-refractivity contribution is 0.569. The Morgan fingerprint density at radius 3 is 2.92 bits per heavy atom. The highest BCUT2D eigenvalue weighted by Gasteiger charge is 2.12. The van der Waals surface area contributed by atoms with Crippen molar-refractivity contribution in [2.45, 2.75) is 33.2 Å². The summed E-state index contributed by atoms with van der Waals surface area (Å²) >= 11 is 11.6. The molecular weight excluding hydrogens is 358 g/mol. The summed E-state index contributed by atoms with van der Waals surface area (Å²) in [5.74, 6) is 0. The lowest BCUT2D eigenvalue weighted by atomic mass is 10.2. The predicted molar refractivity (Wildman–Crippen MR) is 103 cm³/mol. The first-order valence-electron chi connectivity index (χ1n) is 8.04. The largest absolute Gasteiger partial charge is 0.330 e. The number of hydrogen-bond donors (Lipinski definition) is 1. The highest BCUT2D eigenvalue weighted by atomic mass is 35.5. The third kappa shape index (κ3) is 3.43. The molecule has 3 aromatic rings. The van der Waals surface area contributed by atoms with E-state index in [0.29, 0.717) is 21.6 Å². The Kier molecular flexibility index (Phi) is 5.15. The van der Waals surface area contributed by atoms with E-state index < -0.39 is 0 Å². The van der Waals surface area contributed by atoms with Gasteiger partial charge in [-0.15, -0.1) is 0 Å². The third-order valence-electron chi connectivity index (χ3n) is 3.92. The highest BCUT2D eigenvalue weighted by molar-refractivity contribution is 7.71. The zero-order chi connectivity index (χ0) is 18.0. The van der Waals surface area contributed by atoms with E-state index in [2.05, 4.69) is 22.1 Å². The van der Waals surface area contributed by atoms with Crippen LogP contribution in [0.15, 0.2) is 34.2 Å². The number of fused-ring (bicyclic) bond motifs is 1.